The lowest BCUT2D eigenvalue weighted by molar-refractivity contribution is -0.121. The Labute approximate surface area is 63.4 Å². The molecule has 0 spiro atoms. The number of carbonyl (C=O) groups is 1. The third-order valence-electron chi connectivity index (χ3n) is 1.28. The fraction of sp³-hybridized carbons (Fsp3) is 0.400. The van der Waals surface area contributed by atoms with Crippen LogP contribution >= 0.6 is 0 Å². The lowest BCUT2D eigenvalue weighted by Crippen LogP contribution is -2.33. The van der Waals surface area contributed by atoms with Gasteiger partial charge in [-0.3, -0.25) is 10.2 Å². The lowest BCUT2D eigenvalue weighted by atomic mass is 10.5. The Bertz CT molecular complexity index is 255. The molecule has 0 fully saturated rings. The number of aryl methyl sites for hydroxylation is 1. The van der Waals surface area contributed by atoms with E-state index in [1.165, 1.54) is 6.33 Å². The van der Waals surface area contributed by atoms with Crippen LogP contribution in [0, 0.1) is 6.92 Å². The Morgan fingerprint density at radius 3 is 3.09 bits per heavy atom. The molecule has 0 aromatic carbocycles. The maximum atomic E-state index is 10.7. The molecular weight excluding hydrogens is 146 g/mol. The van der Waals surface area contributed by atoms with Gasteiger partial charge in [-0.05, 0) is 6.92 Å². The van der Waals surface area contributed by atoms with E-state index in [0.717, 1.165) is 0 Å². The quantitative estimate of drug-likeness (QED) is 0.311. The van der Waals surface area contributed by atoms with Gasteiger partial charge in [-0.15, -0.1) is 10.2 Å². The molecule has 0 radical (unpaired) electrons. The third kappa shape index (κ3) is 1.74. The summed E-state index contributed by atoms with van der Waals surface area (Å²) >= 11 is 0. The topological polar surface area (TPSA) is 85.8 Å². The first-order chi connectivity index (χ1) is 5.24. The van der Waals surface area contributed by atoms with Crippen molar-refractivity contribution in [3.05, 3.63) is 12.2 Å². The van der Waals surface area contributed by atoms with Crippen LogP contribution in [0.1, 0.15) is 5.82 Å². The van der Waals surface area contributed by atoms with Crippen molar-refractivity contribution < 1.29 is 4.79 Å². The second kappa shape index (κ2) is 3.11. The van der Waals surface area contributed by atoms with Crippen LogP contribution in [-0.2, 0) is 11.3 Å². The number of nitrogens with two attached hydrogens (primary N) is 1. The number of rotatable bonds is 2. The monoisotopic (exact) mass is 155 g/mol. The zero-order valence-electron chi connectivity index (χ0n) is 6.11. The minimum atomic E-state index is -0.270. The molecule has 0 aliphatic rings. The number of nitrogens with zero attached hydrogens (tertiary/aromatic N) is 3. The molecule has 6 nitrogen and oxygen atoms in total. The van der Waals surface area contributed by atoms with Gasteiger partial charge in [0.15, 0.2) is 0 Å². The molecule has 1 aromatic rings. The smallest absolute Gasteiger partial charge is 0.253 e. The molecule has 0 bridgehead atoms. The summed E-state index contributed by atoms with van der Waals surface area (Å²) in [5.41, 5.74) is 2.02. The molecule has 60 valence electrons. The molecule has 3 N–H and O–H groups in total. The third-order valence-corrected chi connectivity index (χ3v) is 1.28. The van der Waals surface area contributed by atoms with E-state index in [-0.39, 0.29) is 12.5 Å². The highest BCUT2D eigenvalue weighted by Crippen LogP contribution is 1.90. The van der Waals surface area contributed by atoms with E-state index in [0.29, 0.717) is 5.82 Å². The molecule has 6 heteroatoms. The van der Waals surface area contributed by atoms with E-state index in [1.54, 1.807) is 11.5 Å². The number of aromatic nitrogens is 3. The van der Waals surface area contributed by atoms with Crippen molar-refractivity contribution >= 4 is 5.91 Å². The van der Waals surface area contributed by atoms with Crippen molar-refractivity contribution in [2.24, 2.45) is 5.84 Å². The number of amides is 1. The zero-order valence-corrected chi connectivity index (χ0v) is 6.11. The van der Waals surface area contributed by atoms with Crippen LogP contribution in [0.2, 0.25) is 0 Å². The molecule has 0 saturated carbocycles. The van der Waals surface area contributed by atoms with Crippen molar-refractivity contribution in [1.82, 2.24) is 20.2 Å². The maximum absolute atomic E-state index is 10.7. The highest BCUT2D eigenvalue weighted by molar-refractivity contribution is 5.74. The van der Waals surface area contributed by atoms with Crippen molar-refractivity contribution in [2.45, 2.75) is 13.5 Å². The van der Waals surface area contributed by atoms with Gasteiger partial charge in [0.2, 0.25) is 0 Å². The number of nitrogens with one attached hydrogen (secondary N) is 1. The van der Waals surface area contributed by atoms with Crippen LogP contribution in [0.3, 0.4) is 0 Å². The van der Waals surface area contributed by atoms with Gasteiger partial charge in [-0.2, -0.15) is 0 Å². The predicted octanol–water partition coefficient (Wildman–Crippen LogP) is -1.42. The Balaban J connectivity index is 2.64. The van der Waals surface area contributed by atoms with E-state index in [2.05, 4.69) is 10.2 Å². The summed E-state index contributed by atoms with van der Waals surface area (Å²) in [5, 5.41) is 7.30. The Morgan fingerprint density at radius 2 is 2.64 bits per heavy atom. The summed E-state index contributed by atoms with van der Waals surface area (Å²) in [4.78, 5) is 10.7. The van der Waals surface area contributed by atoms with E-state index in [4.69, 9.17) is 5.84 Å². The van der Waals surface area contributed by atoms with Gasteiger partial charge in [-0.1, -0.05) is 0 Å². The molecule has 11 heavy (non-hydrogen) atoms. The van der Waals surface area contributed by atoms with Gasteiger partial charge in [0.05, 0.1) is 0 Å². The van der Waals surface area contributed by atoms with Crippen LogP contribution in [-0.4, -0.2) is 20.7 Å². The highest BCUT2D eigenvalue weighted by Gasteiger charge is 2.02. The van der Waals surface area contributed by atoms with Gasteiger partial charge in [0, 0.05) is 0 Å². The van der Waals surface area contributed by atoms with Gasteiger partial charge >= 0.3 is 0 Å². The SMILES string of the molecule is Cc1nncn1CC(=O)NN. The van der Waals surface area contributed by atoms with E-state index in [1.807, 2.05) is 5.43 Å². The number of hydrogen-bond acceptors (Lipinski definition) is 4. The van der Waals surface area contributed by atoms with Crippen molar-refractivity contribution in [3.63, 3.8) is 0 Å². The summed E-state index contributed by atoms with van der Waals surface area (Å²) in [6.45, 7) is 1.92. The Hall–Kier alpha value is -1.43. The first-order valence-electron chi connectivity index (χ1n) is 3.08. The molecule has 0 atom stereocenters. The zero-order chi connectivity index (χ0) is 8.27. The van der Waals surface area contributed by atoms with Gasteiger partial charge < -0.3 is 4.57 Å². The maximum Gasteiger partial charge on any atom is 0.253 e. The average Bonchev–Trinajstić information content (AvgIpc) is 2.37. The molecule has 0 aliphatic carbocycles. The Kier molecular flexibility index (Phi) is 2.17. The summed E-state index contributed by atoms with van der Waals surface area (Å²) in [6.07, 6.45) is 1.48. The van der Waals surface area contributed by atoms with Crippen LogP contribution in [0.4, 0.5) is 0 Å². The molecule has 0 unspecified atom stereocenters. The van der Waals surface area contributed by atoms with Crippen LogP contribution < -0.4 is 11.3 Å². The molecule has 0 aliphatic heterocycles. The second-order valence-electron chi connectivity index (χ2n) is 2.07. The van der Waals surface area contributed by atoms with Crippen molar-refractivity contribution in [2.75, 3.05) is 0 Å². The minimum absolute atomic E-state index is 0.162. The minimum Gasteiger partial charge on any atom is -0.308 e. The average molecular weight is 155 g/mol. The number of carbonyl (C=O) groups excluding carboxylic acids is 1. The van der Waals surface area contributed by atoms with Gasteiger partial charge in [-0.25, -0.2) is 5.84 Å². The number of hydrazine groups is 1. The standard InChI is InChI=1S/C5H9N5O/c1-4-9-7-3-10(4)2-5(11)8-6/h3H,2,6H2,1H3,(H,8,11). The van der Waals surface area contributed by atoms with Crippen LogP contribution in [0.15, 0.2) is 6.33 Å². The largest absolute Gasteiger partial charge is 0.308 e. The molecule has 1 aromatic heterocycles. The van der Waals surface area contributed by atoms with Gasteiger partial charge in [0.25, 0.3) is 5.91 Å². The lowest BCUT2D eigenvalue weighted by Gasteiger charge is -2.00. The van der Waals surface area contributed by atoms with E-state index in [9.17, 15) is 4.79 Å². The second-order valence-corrected chi connectivity index (χ2v) is 2.07. The molecule has 1 amide bonds. The summed E-state index contributed by atoms with van der Waals surface area (Å²) in [6, 6.07) is 0. The molecular formula is C5H9N5O. The van der Waals surface area contributed by atoms with Crippen molar-refractivity contribution in [3.8, 4) is 0 Å². The first kappa shape index (κ1) is 7.67. The van der Waals surface area contributed by atoms with Crippen LogP contribution in [0.25, 0.3) is 0 Å². The fourth-order valence-corrected chi connectivity index (χ4v) is 0.668. The highest BCUT2D eigenvalue weighted by atomic mass is 16.2. The van der Waals surface area contributed by atoms with E-state index < -0.39 is 0 Å². The summed E-state index contributed by atoms with van der Waals surface area (Å²) < 4.78 is 1.60. The molecule has 1 rings (SSSR count). The van der Waals surface area contributed by atoms with Gasteiger partial charge in [0.1, 0.15) is 18.7 Å². The first-order valence-corrected chi connectivity index (χ1v) is 3.08. The molecule has 0 saturated heterocycles. The Morgan fingerprint density at radius 1 is 1.91 bits per heavy atom. The fourth-order valence-electron chi connectivity index (χ4n) is 0.668. The molecule has 1 heterocycles. The van der Waals surface area contributed by atoms with Crippen LogP contribution in [0.5, 0.6) is 0 Å². The van der Waals surface area contributed by atoms with E-state index >= 15 is 0 Å². The summed E-state index contributed by atoms with van der Waals surface area (Å²) in [7, 11) is 0. The predicted molar refractivity (Wildman–Crippen MR) is 37.1 cm³/mol. The normalized spacial score (nSPS) is 9.64. The summed E-state index contributed by atoms with van der Waals surface area (Å²) in [5.74, 6) is 5.30. The number of hydrogen-bond donors (Lipinski definition) is 2. The van der Waals surface area contributed by atoms with Crippen molar-refractivity contribution in [1.29, 1.82) is 0 Å².